The van der Waals surface area contributed by atoms with Crippen LogP contribution in [0.1, 0.15) is 37.0 Å². The first-order valence-electron chi connectivity index (χ1n) is 6.05. The van der Waals surface area contributed by atoms with E-state index in [2.05, 4.69) is 40.5 Å². The van der Waals surface area contributed by atoms with Gasteiger partial charge in [0.15, 0.2) is 0 Å². The quantitative estimate of drug-likeness (QED) is 0.882. The molecule has 0 unspecified atom stereocenters. The van der Waals surface area contributed by atoms with E-state index in [1.807, 2.05) is 12.3 Å². The van der Waals surface area contributed by atoms with Crippen molar-refractivity contribution in [3.05, 3.63) is 17.5 Å². The standard InChI is InChI=1S/C12H17N5OS2/c1-12(2,3)8-6-7(17(4)15-8)9(18)13-10-14-11(19-5)16-20-10/h6H,1-5H3,(H,13,14,16,18). The van der Waals surface area contributed by atoms with Gasteiger partial charge in [0.1, 0.15) is 5.69 Å². The van der Waals surface area contributed by atoms with E-state index in [9.17, 15) is 4.79 Å². The lowest BCUT2D eigenvalue weighted by atomic mass is 9.92. The highest BCUT2D eigenvalue weighted by molar-refractivity contribution is 7.98. The van der Waals surface area contributed by atoms with E-state index < -0.39 is 0 Å². The zero-order valence-electron chi connectivity index (χ0n) is 12.1. The second kappa shape index (κ2) is 5.53. The molecule has 108 valence electrons. The normalized spacial score (nSPS) is 11.7. The molecule has 0 bridgehead atoms. The highest BCUT2D eigenvalue weighted by Crippen LogP contribution is 2.22. The fourth-order valence-corrected chi connectivity index (χ4v) is 2.67. The zero-order valence-corrected chi connectivity index (χ0v) is 13.7. The summed E-state index contributed by atoms with van der Waals surface area (Å²) in [6, 6.07) is 1.81. The molecule has 0 spiro atoms. The van der Waals surface area contributed by atoms with Gasteiger partial charge in [-0.1, -0.05) is 32.5 Å². The number of rotatable bonds is 3. The van der Waals surface area contributed by atoms with Crippen molar-refractivity contribution in [2.45, 2.75) is 31.3 Å². The largest absolute Gasteiger partial charge is 0.295 e. The Morgan fingerprint density at radius 1 is 1.45 bits per heavy atom. The van der Waals surface area contributed by atoms with Crippen molar-refractivity contribution >= 4 is 34.3 Å². The Hall–Kier alpha value is -1.41. The van der Waals surface area contributed by atoms with E-state index in [0.29, 0.717) is 16.0 Å². The van der Waals surface area contributed by atoms with Gasteiger partial charge in [-0.15, -0.1) is 0 Å². The number of aromatic nitrogens is 4. The average molecular weight is 311 g/mol. The van der Waals surface area contributed by atoms with Gasteiger partial charge in [0.25, 0.3) is 5.91 Å². The van der Waals surface area contributed by atoms with Gasteiger partial charge in [0.05, 0.1) is 5.69 Å². The molecular formula is C12H17N5OS2. The Labute approximate surface area is 126 Å². The first kappa shape index (κ1) is 15.0. The molecule has 0 atom stereocenters. The minimum absolute atomic E-state index is 0.0922. The van der Waals surface area contributed by atoms with Crippen molar-refractivity contribution in [2.75, 3.05) is 11.6 Å². The molecule has 1 N–H and O–H groups in total. The van der Waals surface area contributed by atoms with E-state index in [4.69, 9.17) is 0 Å². The van der Waals surface area contributed by atoms with E-state index in [0.717, 1.165) is 5.69 Å². The smallest absolute Gasteiger partial charge is 0.275 e. The van der Waals surface area contributed by atoms with Crippen LogP contribution in [-0.2, 0) is 12.5 Å². The first-order valence-corrected chi connectivity index (χ1v) is 8.04. The van der Waals surface area contributed by atoms with Crippen molar-refractivity contribution in [3.63, 3.8) is 0 Å². The van der Waals surface area contributed by atoms with Gasteiger partial charge in [-0.25, -0.2) is 0 Å². The van der Waals surface area contributed by atoms with Crippen LogP contribution < -0.4 is 5.32 Å². The maximum Gasteiger partial charge on any atom is 0.275 e. The molecule has 8 heteroatoms. The Bertz CT molecular complexity index is 626. The molecule has 6 nitrogen and oxygen atoms in total. The number of amides is 1. The molecule has 0 aliphatic rings. The summed E-state index contributed by atoms with van der Waals surface area (Å²) in [6.45, 7) is 6.19. The number of aryl methyl sites for hydroxylation is 1. The van der Waals surface area contributed by atoms with E-state index in [1.165, 1.54) is 23.3 Å². The molecule has 0 radical (unpaired) electrons. The lowest BCUT2D eigenvalue weighted by molar-refractivity contribution is 0.101. The number of carbonyl (C=O) groups is 1. The molecule has 0 saturated carbocycles. The minimum atomic E-state index is -0.223. The lowest BCUT2D eigenvalue weighted by Crippen LogP contribution is -2.15. The number of thioether (sulfide) groups is 1. The molecule has 2 heterocycles. The molecule has 0 fully saturated rings. The Balaban J connectivity index is 2.19. The molecule has 0 aliphatic heterocycles. The number of hydrogen-bond donors (Lipinski definition) is 1. The zero-order chi connectivity index (χ0) is 14.9. The van der Waals surface area contributed by atoms with Crippen LogP contribution in [0.4, 0.5) is 5.13 Å². The second-order valence-corrected chi connectivity index (χ2v) is 6.85. The predicted octanol–water partition coefficient (Wildman–Crippen LogP) is 2.54. The second-order valence-electron chi connectivity index (χ2n) is 5.33. The maximum absolute atomic E-state index is 12.2. The molecule has 2 aromatic rings. The van der Waals surface area contributed by atoms with Crippen LogP contribution in [0.15, 0.2) is 11.2 Å². The van der Waals surface area contributed by atoms with E-state index in [-0.39, 0.29) is 11.3 Å². The van der Waals surface area contributed by atoms with Crippen LogP contribution in [0, 0.1) is 0 Å². The van der Waals surface area contributed by atoms with Gasteiger partial charge in [-0.2, -0.15) is 14.5 Å². The van der Waals surface area contributed by atoms with Crippen LogP contribution in [0.25, 0.3) is 0 Å². The molecule has 1 amide bonds. The summed E-state index contributed by atoms with van der Waals surface area (Å²) >= 11 is 2.61. The SMILES string of the molecule is CSc1nsc(NC(=O)c2cc(C(C)(C)C)nn2C)n1. The Kier molecular flexibility index (Phi) is 4.14. The highest BCUT2D eigenvalue weighted by atomic mass is 32.2. The molecule has 0 aliphatic carbocycles. The van der Waals surface area contributed by atoms with Crippen molar-refractivity contribution in [2.24, 2.45) is 7.05 Å². The Morgan fingerprint density at radius 2 is 2.15 bits per heavy atom. The first-order chi connectivity index (χ1) is 9.31. The molecule has 0 aromatic carbocycles. The fraction of sp³-hybridized carbons (Fsp3) is 0.500. The van der Waals surface area contributed by atoms with E-state index >= 15 is 0 Å². The minimum Gasteiger partial charge on any atom is -0.295 e. The predicted molar refractivity (Wildman–Crippen MR) is 81.6 cm³/mol. The van der Waals surface area contributed by atoms with Crippen molar-refractivity contribution in [3.8, 4) is 0 Å². The summed E-state index contributed by atoms with van der Waals surface area (Å²) in [4.78, 5) is 16.4. The Morgan fingerprint density at radius 3 is 2.65 bits per heavy atom. The van der Waals surface area contributed by atoms with Gasteiger partial charge in [0.2, 0.25) is 10.3 Å². The molecule has 2 rings (SSSR count). The fourth-order valence-electron chi connectivity index (χ4n) is 1.55. The van der Waals surface area contributed by atoms with Crippen molar-refractivity contribution in [1.29, 1.82) is 0 Å². The third kappa shape index (κ3) is 3.18. The molecular weight excluding hydrogens is 294 g/mol. The van der Waals surface area contributed by atoms with Crippen LogP contribution in [0.3, 0.4) is 0 Å². The van der Waals surface area contributed by atoms with Gasteiger partial charge in [0, 0.05) is 24.0 Å². The molecule has 20 heavy (non-hydrogen) atoms. The van der Waals surface area contributed by atoms with Crippen LogP contribution in [0.5, 0.6) is 0 Å². The van der Waals surface area contributed by atoms with Crippen LogP contribution in [-0.4, -0.2) is 31.3 Å². The lowest BCUT2D eigenvalue weighted by Gasteiger charge is -2.13. The summed E-state index contributed by atoms with van der Waals surface area (Å²) < 4.78 is 5.69. The summed E-state index contributed by atoms with van der Waals surface area (Å²) in [6.07, 6.45) is 1.89. The third-order valence-corrected chi connectivity index (χ3v) is 3.99. The topological polar surface area (TPSA) is 72.7 Å². The van der Waals surface area contributed by atoms with Crippen LogP contribution in [0.2, 0.25) is 0 Å². The maximum atomic E-state index is 12.2. The summed E-state index contributed by atoms with van der Waals surface area (Å²) in [7, 11) is 1.76. The number of nitrogens with one attached hydrogen (secondary N) is 1. The summed E-state index contributed by atoms with van der Waals surface area (Å²) in [5.74, 6) is -0.223. The van der Waals surface area contributed by atoms with Gasteiger partial charge < -0.3 is 0 Å². The van der Waals surface area contributed by atoms with E-state index in [1.54, 1.807) is 11.7 Å². The number of carbonyl (C=O) groups excluding carboxylic acids is 1. The van der Waals surface area contributed by atoms with Gasteiger partial charge in [-0.05, 0) is 12.3 Å². The summed E-state index contributed by atoms with van der Waals surface area (Å²) in [5, 5.41) is 8.29. The monoisotopic (exact) mass is 311 g/mol. The highest BCUT2D eigenvalue weighted by Gasteiger charge is 2.22. The van der Waals surface area contributed by atoms with Crippen molar-refractivity contribution < 1.29 is 4.79 Å². The molecule has 2 aromatic heterocycles. The third-order valence-electron chi connectivity index (χ3n) is 2.69. The van der Waals surface area contributed by atoms with Crippen molar-refractivity contribution in [1.82, 2.24) is 19.1 Å². The number of nitrogens with zero attached hydrogens (tertiary/aromatic N) is 4. The average Bonchev–Trinajstić information content (AvgIpc) is 2.94. The summed E-state index contributed by atoms with van der Waals surface area (Å²) in [5.41, 5.74) is 1.30. The van der Waals surface area contributed by atoms with Crippen LogP contribution >= 0.6 is 23.3 Å². The number of hydrogen-bond acceptors (Lipinski definition) is 6. The molecule has 0 saturated heterocycles. The van der Waals surface area contributed by atoms with Gasteiger partial charge >= 0.3 is 0 Å². The number of anilines is 1. The van der Waals surface area contributed by atoms with Gasteiger partial charge in [-0.3, -0.25) is 14.8 Å².